The first kappa shape index (κ1) is 23.5. The Morgan fingerprint density at radius 2 is 1.88 bits per heavy atom. The summed E-state index contributed by atoms with van der Waals surface area (Å²) in [5, 5.41) is 10.2. The van der Waals surface area contributed by atoms with Gasteiger partial charge in [-0.1, -0.05) is 38.1 Å². The van der Waals surface area contributed by atoms with Crippen LogP contribution < -0.4 is 4.90 Å². The van der Waals surface area contributed by atoms with Gasteiger partial charge in [0.1, 0.15) is 0 Å². The molecule has 0 aliphatic carbocycles. The number of imide groups is 1. The zero-order chi connectivity index (χ0) is 24.4. The third kappa shape index (κ3) is 4.83. The number of carbonyl (C=O) groups excluding carboxylic acids is 2. The molecule has 2 aromatic carbocycles. The molecule has 34 heavy (non-hydrogen) atoms. The third-order valence-electron chi connectivity index (χ3n) is 6.41. The Kier molecular flexibility index (Phi) is 6.72. The van der Waals surface area contributed by atoms with Gasteiger partial charge in [0.2, 0.25) is 5.91 Å². The number of hydrogen-bond donors (Lipinski definition) is 1. The van der Waals surface area contributed by atoms with Crippen LogP contribution in [-0.4, -0.2) is 45.4 Å². The molecule has 0 saturated carbocycles. The molecule has 2 amide bonds. The molecule has 1 aliphatic heterocycles. The number of aryl methyl sites for hydroxylation is 2. The van der Waals surface area contributed by atoms with E-state index in [-0.39, 0.29) is 25.4 Å². The molecule has 0 atom stereocenters. The first-order valence-electron chi connectivity index (χ1n) is 11.7. The first-order chi connectivity index (χ1) is 16.2. The van der Waals surface area contributed by atoms with Crippen LogP contribution in [0, 0.1) is 5.92 Å². The molecule has 3 aromatic rings. The second kappa shape index (κ2) is 9.71. The van der Waals surface area contributed by atoms with Gasteiger partial charge in [0.05, 0.1) is 24.2 Å². The van der Waals surface area contributed by atoms with E-state index in [2.05, 4.69) is 36.7 Å². The first-order valence-corrected chi connectivity index (χ1v) is 11.7. The van der Waals surface area contributed by atoms with E-state index in [0.717, 1.165) is 45.5 Å². The molecule has 0 unspecified atom stereocenters. The van der Waals surface area contributed by atoms with Gasteiger partial charge in [-0.3, -0.25) is 19.3 Å². The third-order valence-corrected chi connectivity index (χ3v) is 6.41. The van der Waals surface area contributed by atoms with Crippen LogP contribution in [0.2, 0.25) is 0 Å². The molecule has 0 radical (unpaired) electrons. The predicted octanol–water partition coefficient (Wildman–Crippen LogP) is 4.23. The second-order valence-corrected chi connectivity index (χ2v) is 9.42. The van der Waals surface area contributed by atoms with Gasteiger partial charge in [-0.05, 0) is 48.1 Å². The van der Waals surface area contributed by atoms with E-state index < -0.39 is 11.9 Å². The smallest absolute Gasteiger partial charge is 0.305 e. The number of benzene rings is 2. The van der Waals surface area contributed by atoms with Crippen molar-refractivity contribution < 1.29 is 19.5 Å². The number of carboxylic acids is 1. The van der Waals surface area contributed by atoms with Gasteiger partial charge in [-0.15, -0.1) is 0 Å². The van der Waals surface area contributed by atoms with E-state index in [1.54, 1.807) is 6.07 Å². The van der Waals surface area contributed by atoms with E-state index in [4.69, 9.17) is 5.11 Å². The van der Waals surface area contributed by atoms with E-state index in [1.165, 1.54) is 0 Å². The number of aliphatic carboxylic acids is 1. The zero-order valence-electron chi connectivity index (χ0n) is 20.0. The Morgan fingerprint density at radius 3 is 2.62 bits per heavy atom. The number of hydrogen-bond acceptors (Lipinski definition) is 4. The lowest BCUT2D eigenvalue weighted by atomic mass is 9.99. The van der Waals surface area contributed by atoms with Crippen molar-refractivity contribution in [3.63, 3.8) is 0 Å². The number of anilines is 1. The van der Waals surface area contributed by atoms with Crippen molar-refractivity contribution in [1.29, 1.82) is 0 Å². The number of nitrogens with zero attached hydrogens (tertiary/aromatic N) is 3. The Morgan fingerprint density at radius 1 is 1.12 bits per heavy atom. The van der Waals surface area contributed by atoms with Crippen LogP contribution in [0.15, 0.2) is 48.7 Å². The summed E-state index contributed by atoms with van der Waals surface area (Å²) in [7, 11) is 1.99. The van der Waals surface area contributed by atoms with Gasteiger partial charge in [-0.2, -0.15) is 0 Å². The number of amides is 2. The van der Waals surface area contributed by atoms with Crippen LogP contribution in [0.4, 0.5) is 5.69 Å². The van der Waals surface area contributed by atoms with Gasteiger partial charge >= 0.3 is 5.97 Å². The summed E-state index contributed by atoms with van der Waals surface area (Å²) in [5.74, 6) is -1.30. The Labute approximate surface area is 199 Å². The maximum absolute atomic E-state index is 13.3. The fraction of sp³-hybridized carbons (Fsp3) is 0.370. The predicted molar refractivity (Wildman–Crippen MR) is 132 cm³/mol. The van der Waals surface area contributed by atoms with Crippen molar-refractivity contribution >= 4 is 34.4 Å². The fourth-order valence-corrected chi connectivity index (χ4v) is 4.55. The minimum atomic E-state index is -1.04. The SMILES string of the molecule is CC(C)CCc1ccc2c(c1)N(Cc1cn(C)c3ccccc13)CC(=O)N(CCC(=O)O)C2=O. The molecule has 178 valence electrons. The highest BCUT2D eigenvalue weighted by Gasteiger charge is 2.32. The molecule has 0 fully saturated rings. The standard InChI is InChI=1S/C27H31N3O4/c1-18(2)8-9-19-10-11-22-24(14-19)29(17-25(31)30(27(22)34)13-12-26(32)33)16-20-15-28(3)23-7-5-4-6-21(20)23/h4-7,10-11,14-15,18H,8-9,12-13,16-17H2,1-3H3,(H,32,33). The Bertz CT molecular complexity index is 1240. The summed E-state index contributed by atoms with van der Waals surface area (Å²) in [4.78, 5) is 40.6. The number of carbonyl (C=O) groups is 3. The molecular formula is C27H31N3O4. The monoisotopic (exact) mass is 461 g/mol. The van der Waals surface area contributed by atoms with Crippen LogP contribution in [0.1, 0.15) is 48.2 Å². The Hall–Kier alpha value is -3.61. The number of carboxylic acid groups (broad SMARTS) is 1. The minimum absolute atomic E-state index is 0.00914. The number of aromatic nitrogens is 1. The zero-order valence-corrected chi connectivity index (χ0v) is 20.0. The summed E-state index contributed by atoms with van der Waals surface area (Å²) in [6.45, 7) is 4.70. The van der Waals surface area contributed by atoms with Crippen LogP contribution >= 0.6 is 0 Å². The summed E-state index contributed by atoms with van der Waals surface area (Å²) < 4.78 is 2.06. The largest absolute Gasteiger partial charge is 0.481 e. The van der Waals surface area contributed by atoms with E-state index in [1.807, 2.05) is 36.2 Å². The quantitative estimate of drug-likeness (QED) is 0.508. The summed E-state index contributed by atoms with van der Waals surface area (Å²) in [6, 6.07) is 13.9. The topological polar surface area (TPSA) is 82.8 Å². The van der Waals surface area contributed by atoms with E-state index in [9.17, 15) is 14.4 Å². The number of fused-ring (bicyclic) bond motifs is 2. The molecule has 7 heteroatoms. The lowest BCUT2D eigenvalue weighted by Gasteiger charge is -2.24. The average Bonchev–Trinajstić information content (AvgIpc) is 3.07. The normalized spacial score (nSPS) is 14.1. The summed E-state index contributed by atoms with van der Waals surface area (Å²) in [6.07, 6.45) is 3.70. The van der Waals surface area contributed by atoms with Gasteiger partial charge < -0.3 is 14.6 Å². The van der Waals surface area contributed by atoms with Crippen molar-refractivity contribution in [1.82, 2.24) is 9.47 Å². The number of para-hydroxylation sites is 1. The van der Waals surface area contributed by atoms with Gasteiger partial charge in [0, 0.05) is 37.2 Å². The molecule has 2 heterocycles. The highest BCUT2D eigenvalue weighted by molar-refractivity contribution is 6.11. The van der Waals surface area contributed by atoms with E-state index in [0.29, 0.717) is 18.0 Å². The molecule has 4 rings (SSSR count). The van der Waals surface area contributed by atoms with Crippen molar-refractivity contribution in [3.05, 3.63) is 65.4 Å². The fourth-order valence-electron chi connectivity index (χ4n) is 4.55. The lowest BCUT2D eigenvalue weighted by molar-refractivity contribution is -0.137. The second-order valence-electron chi connectivity index (χ2n) is 9.42. The summed E-state index contributed by atoms with van der Waals surface area (Å²) >= 11 is 0. The molecule has 0 spiro atoms. The number of rotatable bonds is 8. The molecule has 1 N–H and O–H groups in total. The maximum atomic E-state index is 13.3. The maximum Gasteiger partial charge on any atom is 0.305 e. The van der Waals surface area contributed by atoms with Crippen LogP contribution in [0.3, 0.4) is 0 Å². The Balaban J connectivity index is 1.75. The minimum Gasteiger partial charge on any atom is -0.481 e. The highest BCUT2D eigenvalue weighted by Crippen LogP contribution is 2.31. The molecule has 7 nitrogen and oxygen atoms in total. The molecule has 1 aromatic heterocycles. The highest BCUT2D eigenvalue weighted by atomic mass is 16.4. The van der Waals surface area contributed by atoms with Crippen molar-refractivity contribution in [3.8, 4) is 0 Å². The van der Waals surface area contributed by atoms with Crippen molar-refractivity contribution in [2.75, 3.05) is 18.0 Å². The molecular weight excluding hydrogens is 430 g/mol. The van der Waals surface area contributed by atoms with Crippen LogP contribution in [0.5, 0.6) is 0 Å². The lowest BCUT2D eigenvalue weighted by Crippen LogP contribution is -2.41. The average molecular weight is 462 g/mol. The van der Waals surface area contributed by atoms with Gasteiger partial charge in [0.15, 0.2) is 0 Å². The van der Waals surface area contributed by atoms with Crippen LogP contribution in [0.25, 0.3) is 10.9 Å². The molecule has 0 bridgehead atoms. The van der Waals surface area contributed by atoms with E-state index >= 15 is 0 Å². The molecule has 0 saturated heterocycles. The van der Waals surface area contributed by atoms with Gasteiger partial charge in [0.25, 0.3) is 5.91 Å². The summed E-state index contributed by atoms with van der Waals surface area (Å²) in [5.41, 5.74) is 4.45. The van der Waals surface area contributed by atoms with Gasteiger partial charge in [-0.25, -0.2) is 0 Å². The molecule has 1 aliphatic rings. The van der Waals surface area contributed by atoms with Crippen molar-refractivity contribution in [2.45, 2.75) is 39.7 Å². The van der Waals surface area contributed by atoms with Crippen molar-refractivity contribution in [2.24, 2.45) is 13.0 Å². The van der Waals surface area contributed by atoms with Crippen LogP contribution in [-0.2, 0) is 29.6 Å².